The quantitative estimate of drug-likeness (QED) is 0.227. The molecule has 2 aromatic heterocycles. The Hall–Kier alpha value is -6.10. The van der Waals surface area contributed by atoms with Gasteiger partial charge in [0.25, 0.3) is 0 Å². The third-order valence-corrected chi connectivity index (χ3v) is 8.18. The number of benzene rings is 6. The van der Waals surface area contributed by atoms with Crippen molar-refractivity contribution < 1.29 is 0 Å². The van der Waals surface area contributed by atoms with Crippen molar-refractivity contribution in [3.05, 3.63) is 145 Å². The van der Waals surface area contributed by atoms with E-state index in [0.29, 0.717) is 11.1 Å². The Bertz CT molecular complexity index is 2430. The number of hydrogen-bond donors (Lipinski definition) is 0. The molecule has 0 bridgehead atoms. The number of rotatable bonds is 3. The summed E-state index contributed by atoms with van der Waals surface area (Å²) in [7, 11) is 0. The maximum atomic E-state index is 9.99. The molecule has 0 saturated heterocycles. The Morgan fingerprint density at radius 2 is 1.17 bits per heavy atom. The summed E-state index contributed by atoms with van der Waals surface area (Å²) in [5, 5.41) is 24.2. The van der Waals surface area contributed by atoms with Crippen LogP contribution in [0, 0.1) is 22.7 Å². The lowest BCUT2D eigenvalue weighted by Crippen LogP contribution is -1.97. The Morgan fingerprint density at radius 3 is 2.02 bits per heavy atom. The molecule has 0 radical (unpaired) electrons. The fraction of sp³-hybridized carbons (Fsp3) is 0. The molecule has 42 heavy (non-hydrogen) atoms. The molecule has 2 heterocycles. The predicted octanol–water partition coefficient (Wildman–Crippen LogP) is 9.29. The number of fused-ring (bicyclic) bond motifs is 6. The second kappa shape index (κ2) is 9.24. The summed E-state index contributed by atoms with van der Waals surface area (Å²) >= 11 is 0. The second-order valence-electron chi connectivity index (χ2n) is 10.4. The summed E-state index contributed by atoms with van der Waals surface area (Å²) in [5.41, 5.74) is 9.51. The molecule has 4 heteroatoms. The molecule has 6 aromatic carbocycles. The van der Waals surface area contributed by atoms with E-state index in [4.69, 9.17) is 0 Å². The molecule has 0 aliphatic heterocycles. The van der Waals surface area contributed by atoms with Crippen LogP contribution in [0.1, 0.15) is 11.1 Å². The highest BCUT2D eigenvalue weighted by Crippen LogP contribution is 2.43. The lowest BCUT2D eigenvalue weighted by molar-refractivity contribution is 1.17. The van der Waals surface area contributed by atoms with Crippen LogP contribution in [0.4, 0.5) is 0 Å². The van der Waals surface area contributed by atoms with Crippen LogP contribution >= 0.6 is 0 Å². The van der Waals surface area contributed by atoms with Crippen molar-refractivity contribution >= 4 is 43.6 Å². The molecular weight excluding hydrogens is 512 g/mol. The van der Waals surface area contributed by atoms with E-state index < -0.39 is 0 Å². The van der Waals surface area contributed by atoms with E-state index in [9.17, 15) is 10.5 Å². The summed E-state index contributed by atoms with van der Waals surface area (Å²) in [6.45, 7) is 0. The summed E-state index contributed by atoms with van der Waals surface area (Å²) in [5.74, 6) is 0. The molecule has 194 valence electrons. The van der Waals surface area contributed by atoms with Crippen LogP contribution in [-0.4, -0.2) is 9.13 Å². The molecular formula is C38H22N4. The number of nitriles is 2. The first-order chi connectivity index (χ1) is 20.8. The zero-order chi connectivity index (χ0) is 28.2. The zero-order valence-electron chi connectivity index (χ0n) is 22.5. The van der Waals surface area contributed by atoms with Gasteiger partial charge in [-0.15, -0.1) is 0 Å². The number of aromatic nitrogens is 2. The van der Waals surface area contributed by atoms with Gasteiger partial charge in [-0.2, -0.15) is 10.5 Å². The van der Waals surface area contributed by atoms with Crippen molar-refractivity contribution in [1.82, 2.24) is 9.13 Å². The highest BCUT2D eigenvalue weighted by Gasteiger charge is 2.21. The molecule has 0 atom stereocenters. The van der Waals surface area contributed by atoms with Crippen LogP contribution in [0.2, 0.25) is 0 Å². The van der Waals surface area contributed by atoms with E-state index in [-0.39, 0.29) is 0 Å². The monoisotopic (exact) mass is 534 g/mol. The summed E-state index contributed by atoms with van der Waals surface area (Å²) < 4.78 is 4.50. The van der Waals surface area contributed by atoms with Gasteiger partial charge in [-0.1, -0.05) is 78.9 Å². The standard InChI is InChI=1S/C38H22N4/c39-23-25-20-21-35-32(22-25)37-29(14-9-19-36(37)42(35)33-17-6-4-10-26(33)24-40)31-16-8-15-30-28-13-5-7-18-34(28)41(38(30)31)27-11-2-1-3-12-27/h1-22H. The Morgan fingerprint density at radius 1 is 0.476 bits per heavy atom. The smallest absolute Gasteiger partial charge is 0.101 e. The average Bonchev–Trinajstić information content (AvgIpc) is 3.58. The molecule has 4 nitrogen and oxygen atoms in total. The number of hydrogen-bond acceptors (Lipinski definition) is 2. The van der Waals surface area contributed by atoms with Gasteiger partial charge < -0.3 is 9.13 Å². The van der Waals surface area contributed by atoms with Gasteiger partial charge in [0.05, 0.1) is 45.0 Å². The first-order valence-electron chi connectivity index (χ1n) is 13.8. The van der Waals surface area contributed by atoms with Crippen molar-refractivity contribution in [3.8, 4) is 34.6 Å². The van der Waals surface area contributed by atoms with Crippen molar-refractivity contribution in [2.24, 2.45) is 0 Å². The largest absolute Gasteiger partial charge is 0.309 e. The lowest BCUT2D eigenvalue weighted by atomic mass is 9.96. The van der Waals surface area contributed by atoms with Gasteiger partial charge in [-0.3, -0.25) is 0 Å². The minimum Gasteiger partial charge on any atom is -0.309 e. The second-order valence-corrected chi connectivity index (χ2v) is 10.4. The molecule has 0 fully saturated rings. The fourth-order valence-electron chi connectivity index (χ4n) is 6.47. The van der Waals surface area contributed by atoms with Crippen LogP contribution in [-0.2, 0) is 0 Å². The molecule has 8 aromatic rings. The van der Waals surface area contributed by atoms with Crippen LogP contribution < -0.4 is 0 Å². The molecule has 0 N–H and O–H groups in total. The Labute approximate surface area is 242 Å². The number of para-hydroxylation sites is 4. The Kier molecular flexibility index (Phi) is 5.22. The molecule has 0 aliphatic rings. The normalized spacial score (nSPS) is 11.3. The third kappa shape index (κ3) is 3.33. The van der Waals surface area contributed by atoms with Crippen LogP contribution in [0.5, 0.6) is 0 Å². The SMILES string of the molecule is N#Cc1ccc2c(c1)c1c(-c3cccc4c5ccccc5n(-c5ccccc5)c34)cccc1n2-c1ccccc1C#N. The van der Waals surface area contributed by atoms with Gasteiger partial charge in [0.2, 0.25) is 0 Å². The van der Waals surface area contributed by atoms with Gasteiger partial charge in [-0.25, -0.2) is 0 Å². The lowest BCUT2D eigenvalue weighted by Gasteiger charge is -2.13. The first-order valence-corrected chi connectivity index (χ1v) is 13.8. The van der Waals surface area contributed by atoms with Crippen LogP contribution in [0.25, 0.3) is 66.1 Å². The first kappa shape index (κ1) is 23.8. The van der Waals surface area contributed by atoms with Crippen molar-refractivity contribution in [1.29, 1.82) is 10.5 Å². The Balaban J connectivity index is 1.56. The van der Waals surface area contributed by atoms with Gasteiger partial charge in [0.1, 0.15) is 6.07 Å². The minimum absolute atomic E-state index is 0.595. The molecule has 0 amide bonds. The van der Waals surface area contributed by atoms with E-state index >= 15 is 0 Å². The topological polar surface area (TPSA) is 57.4 Å². The fourth-order valence-corrected chi connectivity index (χ4v) is 6.47. The third-order valence-electron chi connectivity index (χ3n) is 8.18. The molecule has 8 rings (SSSR count). The van der Waals surface area contributed by atoms with Gasteiger partial charge in [-0.05, 0) is 60.2 Å². The highest BCUT2D eigenvalue weighted by molar-refractivity contribution is 6.20. The summed E-state index contributed by atoms with van der Waals surface area (Å²) in [4.78, 5) is 0. The summed E-state index contributed by atoms with van der Waals surface area (Å²) in [6.07, 6.45) is 0. The molecule has 0 saturated carbocycles. The van der Waals surface area contributed by atoms with Crippen molar-refractivity contribution in [2.75, 3.05) is 0 Å². The minimum atomic E-state index is 0.595. The van der Waals surface area contributed by atoms with Crippen molar-refractivity contribution in [2.45, 2.75) is 0 Å². The number of nitrogens with zero attached hydrogens (tertiary/aromatic N) is 4. The average molecular weight is 535 g/mol. The van der Waals surface area contributed by atoms with E-state index in [1.807, 2.05) is 48.5 Å². The van der Waals surface area contributed by atoms with Gasteiger partial charge >= 0.3 is 0 Å². The zero-order valence-corrected chi connectivity index (χ0v) is 22.5. The van der Waals surface area contributed by atoms with Gasteiger partial charge in [0, 0.05) is 32.8 Å². The van der Waals surface area contributed by atoms with Gasteiger partial charge in [0.15, 0.2) is 0 Å². The molecule has 0 spiro atoms. The van der Waals surface area contributed by atoms with Crippen LogP contribution in [0.3, 0.4) is 0 Å². The van der Waals surface area contributed by atoms with E-state index in [0.717, 1.165) is 55.3 Å². The predicted molar refractivity (Wildman–Crippen MR) is 170 cm³/mol. The van der Waals surface area contributed by atoms with Crippen molar-refractivity contribution in [3.63, 3.8) is 0 Å². The summed E-state index contributed by atoms with van der Waals surface area (Å²) in [6, 6.07) is 50.1. The maximum Gasteiger partial charge on any atom is 0.101 e. The molecule has 0 unspecified atom stereocenters. The molecule has 0 aliphatic carbocycles. The van der Waals surface area contributed by atoms with Crippen LogP contribution in [0.15, 0.2) is 133 Å². The highest BCUT2D eigenvalue weighted by atomic mass is 15.0. The van der Waals surface area contributed by atoms with E-state index in [1.165, 1.54) is 10.8 Å². The van der Waals surface area contributed by atoms with E-state index in [2.05, 4.69) is 106 Å². The maximum absolute atomic E-state index is 9.99. The van der Waals surface area contributed by atoms with E-state index in [1.54, 1.807) is 0 Å².